The Morgan fingerprint density at radius 1 is 1.09 bits per heavy atom. The molecule has 0 saturated carbocycles. The van der Waals surface area contributed by atoms with Crippen molar-refractivity contribution in [2.45, 2.75) is 37.5 Å². The maximum atomic E-state index is 13.7. The van der Waals surface area contributed by atoms with Crippen LogP contribution < -0.4 is 21.6 Å². The van der Waals surface area contributed by atoms with Crippen LogP contribution in [-0.2, 0) is 14.2 Å². The Morgan fingerprint density at radius 2 is 1.68 bits per heavy atom. The van der Waals surface area contributed by atoms with Gasteiger partial charge in [0.25, 0.3) is 5.56 Å². The highest BCUT2D eigenvalue weighted by molar-refractivity contribution is 8.00. The molecule has 0 unspecified atom stereocenters. The molecule has 1 aromatic heterocycles. The van der Waals surface area contributed by atoms with Crippen molar-refractivity contribution in [1.29, 1.82) is 0 Å². The number of hydrogen-bond acceptors (Lipinski definition) is 6. The van der Waals surface area contributed by atoms with Crippen LogP contribution >= 0.6 is 11.8 Å². The summed E-state index contributed by atoms with van der Waals surface area (Å²) < 4.78 is 27.0. The summed E-state index contributed by atoms with van der Waals surface area (Å²) in [6.07, 6.45) is 0.152. The van der Waals surface area contributed by atoms with E-state index in [4.69, 9.17) is 14.2 Å². The number of rotatable bonds is 7. The van der Waals surface area contributed by atoms with Crippen molar-refractivity contribution >= 4 is 30.5 Å². The standard InChI is InChI=1S/C24H27FN2O5SSi/c1-24(2,3)34(17-10-6-4-7-11-17,18-12-8-5-9-13-18)32-30-15-21-31-20(16-33-21)27-14-19(25)22(28)26-23(27)29/h4-14,20-21H,15-16H2,1-3H3,(H,26,28,29)/t20-,21+/m0/s1. The first-order valence-corrected chi connectivity index (χ1v) is 13.9. The quantitative estimate of drug-likeness (QED) is 0.304. The van der Waals surface area contributed by atoms with Crippen molar-refractivity contribution in [3.63, 3.8) is 0 Å². The molecule has 0 spiro atoms. The number of aromatic amines is 1. The number of nitrogens with zero attached hydrogens (tertiary/aromatic N) is 1. The van der Waals surface area contributed by atoms with Crippen LogP contribution in [0.1, 0.15) is 27.0 Å². The first-order valence-electron chi connectivity index (χ1n) is 10.9. The van der Waals surface area contributed by atoms with Crippen molar-refractivity contribution in [1.82, 2.24) is 9.55 Å². The lowest BCUT2D eigenvalue weighted by Crippen LogP contribution is -2.66. The van der Waals surface area contributed by atoms with Crippen molar-refractivity contribution in [2.75, 3.05) is 12.4 Å². The number of nitrogens with one attached hydrogen (secondary N) is 1. The summed E-state index contributed by atoms with van der Waals surface area (Å²) in [4.78, 5) is 31.2. The molecule has 2 heterocycles. The van der Waals surface area contributed by atoms with Crippen molar-refractivity contribution in [3.8, 4) is 0 Å². The number of benzene rings is 2. The van der Waals surface area contributed by atoms with Gasteiger partial charge in [-0.1, -0.05) is 81.4 Å². The van der Waals surface area contributed by atoms with Gasteiger partial charge < -0.3 is 4.74 Å². The number of H-pyrrole nitrogens is 1. The number of ether oxygens (including phenoxy) is 1. The zero-order valence-corrected chi connectivity index (χ0v) is 21.0. The molecule has 0 bridgehead atoms. The molecule has 1 fully saturated rings. The van der Waals surface area contributed by atoms with E-state index in [1.165, 1.54) is 11.8 Å². The maximum Gasteiger partial charge on any atom is 0.330 e. The molecule has 180 valence electrons. The van der Waals surface area contributed by atoms with Gasteiger partial charge in [-0.15, -0.1) is 11.8 Å². The lowest BCUT2D eigenvalue weighted by atomic mass is 10.2. The second-order valence-electron chi connectivity index (χ2n) is 9.03. The molecule has 4 rings (SSSR count). The van der Waals surface area contributed by atoms with Gasteiger partial charge in [0.1, 0.15) is 18.3 Å². The Morgan fingerprint density at radius 3 is 2.24 bits per heavy atom. The molecule has 7 nitrogen and oxygen atoms in total. The van der Waals surface area contributed by atoms with Gasteiger partial charge in [0.2, 0.25) is 5.82 Å². The normalized spacial score (nSPS) is 18.8. The molecule has 34 heavy (non-hydrogen) atoms. The van der Waals surface area contributed by atoms with Crippen LogP contribution in [0.4, 0.5) is 4.39 Å². The molecule has 2 atom stereocenters. The Hall–Kier alpha value is -2.50. The number of aromatic nitrogens is 2. The Kier molecular flexibility index (Phi) is 7.24. The minimum atomic E-state index is -2.86. The van der Waals surface area contributed by atoms with E-state index in [2.05, 4.69) is 45.0 Å². The van der Waals surface area contributed by atoms with Gasteiger partial charge in [0.15, 0.2) is 0 Å². The van der Waals surface area contributed by atoms with Gasteiger partial charge in [-0.25, -0.2) is 9.68 Å². The summed E-state index contributed by atoms with van der Waals surface area (Å²) in [7, 11) is -2.86. The summed E-state index contributed by atoms with van der Waals surface area (Å²) in [6.45, 7) is 6.57. The number of halogens is 1. The van der Waals surface area contributed by atoms with E-state index in [0.717, 1.165) is 21.1 Å². The fourth-order valence-electron chi connectivity index (χ4n) is 4.13. The predicted octanol–water partition coefficient (Wildman–Crippen LogP) is 2.77. The van der Waals surface area contributed by atoms with Crippen molar-refractivity contribution in [3.05, 3.63) is 93.5 Å². The first kappa shape index (κ1) is 24.6. The van der Waals surface area contributed by atoms with Crippen LogP contribution in [0.25, 0.3) is 0 Å². The molecule has 0 radical (unpaired) electrons. The third kappa shape index (κ3) is 4.82. The Bertz CT molecular complexity index is 1190. The Balaban J connectivity index is 1.53. The van der Waals surface area contributed by atoms with Crippen molar-refractivity contribution in [2.24, 2.45) is 0 Å². The predicted molar refractivity (Wildman–Crippen MR) is 132 cm³/mol. The average molecular weight is 503 g/mol. The number of hydrogen-bond donors (Lipinski definition) is 1. The molecule has 2 aromatic carbocycles. The van der Waals surface area contributed by atoms with Gasteiger partial charge in [0.05, 0.1) is 6.20 Å². The minimum Gasteiger partial charge on any atom is -0.341 e. The van der Waals surface area contributed by atoms with Gasteiger partial charge in [-0.3, -0.25) is 18.9 Å². The van der Waals surface area contributed by atoms with E-state index in [-0.39, 0.29) is 11.6 Å². The summed E-state index contributed by atoms with van der Waals surface area (Å²) in [5.41, 5.74) is -2.20. The van der Waals surface area contributed by atoms with Gasteiger partial charge in [0, 0.05) is 5.75 Å². The Labute approximate surface area is 201 Å². The first-order chi connectivity index (χ1) is 16.2. The number of thioether (sulfide) groups is 1. The summed E-state index contributed by atoms with van der Waals surface area (Å²) in [5, 5.41) is 1.92. The highest BCUT2D eigenvalue weighted by atomic mass is 32.2. The summed E-state index contributed by atoms with van der Waals surface area (Å²) in [5.74, 6) is -0.638. The largest absolute Gasteiger partial charge is 0.341 e. The zero-order valence-electron chi connectivity index (χ0n) is 19.2. The fraction of sp³-hybridized carbons (Fsp3) is 0.333. The topological polar surface area (TPSA) is 82.6 Å². The smallest absolute Gasteiger partial charge is 0.330 e. The van der Waals surface area contributed by atoms with Gasteiger partial charge >= 0.3 is 14.0 Å². The molecule has 1 saturated heterocycles. The third-order valence-electron chi connectivity index (χ3n) is 5.77. The maximum absolute atomic E-state index is 13.7. The van der Waals surface area contributed by atoms with Crippen LogP contribution in [0, 0.1) is 5.82 Å². The van der Waals surface area contributed by atoms with Crippen molar-refractivity contribution < 1.29 is 18.6 Å². The summed E-state index contributed by atoms with van der Waals surface area (Å²) in [6, 6.07) is 20.2. The molecule has 1 aliphatic rings. The van der Waals surface area contributed by atoms with E-state index in [9.17, 15) is 14.0 Å². The van der Waals surface area contributed by atoms with Crippen LogP contribution in [-0.4, -0.2) is 35.7 Å². The van der Waals surface area contributed by atoms with Crippen LogP contribution in [0.3, 0.4) is 0 Å². The lowest BCUT2D eigenvalue weighted by Gasteiger charge is -2.41. The van der Waals surface area contributed by atoms with E-state index in [0.29, 0.717) is 5.75 Å². The van der Waals surface area contributed by atoms with E-state index in [1.54, 1.807) is 0 Å². The SMILES string of the molecule is CC(C)(C)[Si](OOC[C@@H]1O[C@H](n2cc(F)c(=O)[nH]c2=O)CS1)(c1ccccc1)c1ccccc1. The molecule has 0 amide bonds. The monoisotopic (exact) mass is 502 g/mol. The summed E-state index contributed by atoms with van der Waals surface area (Å²) >= 11 is 1.43. The fourth-order valence-corrected chi connectivity index (χ4v) is 9.18. The highest BCUT2D eigenvalue weighted by Crippen LogP contribution is 2.37. The van der Waals surface area contributed by atoms with Gasteiger partial charge in [-0.2, -0.15) is 4.39 Å². The van der Waals surface area contributed by atoms with Crippen LogP contribution in [0.2, 0.25) is 5.04 Å². The molecule has 1 N–H and O–H groups in total. The zero-order chi connectivity index (χ0) is 24.3. The highest BCUT2D eigenvalue weighted by Gasteiger charge is 2.52. The molecule has 1 aliphatic heterocycles. The third-order valence-corrected chi connectivity index (χ3v) is 11.6. The van der Waals surface area contributed by atoms with Crippen LogP contribution in [0.15, 0.2) is 76.4 Å². The second kappa shape index (κ2) is 10.0. The van der Waals surface area contributed by atoms with E-state index >= 15 is 0 Å². The average Bonchev–Trinajstić information content (AvgIpc) is 3.28. The lowest BCUT2D eigenvalue weighted by molar-refractivity contribution is -0.232. The van der Waals surface area contributed by atoms with E-state index < -0.39 is 37.0 Å². The van der Waals surface area contributed by atoms with E-state index in [1.807, 2.05) is 41.4 Å². The second-order valence-corrected chi connectivity index (χ2v) is 14.4. The molecule has 10 heteroatoms. The minimum absolute atomic E-state index is 0.117. The molecular weight excluding hydrogens is 475 g/mol. The molecule has 0 aliphatic carbocycles. The van der Waals surface area contributed by atoms with Gasteiger partial charge in [-0.05, 0) is 15.4 Å². The van der Waals surface area contributed by atoms with Crippen LogP contribution in [0.5, 0.6) is 0 Å². The molecular formula is C24H27FN2O5SSi. The molecule has 3 aromatic rings.